The van der Waals surface area contributed by atoms with Gasteiger partial charge in [0.25, 0.3) is 16.0 Å². The molecular formula is C25H34N4O9S2. The molecule has 0 aromatic heterocycles. The average Bonchev–Trinajstić information content (AvgIpc) is 3.33. The van der Waals surface area contributed by atoms with Gasteiger partial charge in [0.2, 0.25) is 5.88 Å². The minimum atomic E-state index is -4.45. The zero-order valence-electron chi connectivity index (χ0n) is 23.2. The van der Waals surface area contributed by atoms with Gasteiger partial charge in [0.05, 0.1) is 12.8 Å². The summed E-state index contributed by atoms with van der Waals surface area (Å²) in [6, 6.07) is 4.67. The average molecular weight is 599 g/mol. The zero-order chi connectivity index (χ0) is 30.2. The summed E-state index contributed by atoms with van der Waals surface area (Å²) in [4.78, 5) is 41.6. The van der Waals surface area contributed by atoms with Crippen LogP contribution in [0.1, 0.15) is 20.8 Å². The van der Waals surface area contributed by atoms with Crippen LogP contribution in [0.4, 0.5) is 5.69 Å². The Hall–Kier alpha value is -3.53. The summed E-state index contributed by atoms with van der Waals surface area (Å²) < 4.78 is 48.2. The number of thiocarbonyl (C=S) groups is 1. The first-order chi connectivity index (χ1) is 18.7. The quantitative estimate of drug-likeness (QED) is 0.180. The fourth-order valence-corrected chi connectivity index (χ4v) is 4.17. The molecule has 220 valence electrons. The van der Waals surface area contributed by atoms with Crippen molar-refractivity contribution in [1.29, 1.82) is 0 Å². The highest BCUT2D eigenvalue weighted by Crippen LogP contribution is 2.41. The number of amides is 1. The number of carbonyl (C=O) groups excluding carboxylic acids is 3. The lowest BCUT2D eigenvalue weighted by atomic mass is 10.2. The number of ketones is 1. The number of ether oxygens (including phenoxy) is 3. The molecule has 3 rings (SSSR count). The van der Waals surface area contributed by atoms with Gasteiger partial charge in [-0.25, -0.2) is 0 Å². The van der Waals surface area contributed by atoms with Crippen LogP contribution in [-0.2, 0) is 29.2 Å². The Kier molecular flexibility index (Phi) is 11.6. The molecule has 1 N–H and O–H groups in total. The molecule has 13 nitrogen and oxygen atoms in total. The Bertz CT molecular complexity index is 1310. The lowest BCUT2D eigenvalue weighted by Crippen LogP contribution is -2.34. The zero-order valence-corrected chi connectivity index (χ0v) is 24.9. The summed E-state index contributed by atoms with van der Waals surface area (Å²) in [6.45, 7) is 7.06. The molecule has 0 spiro atoms. The number of Topliss-reactive ketones (excluding diaryl/α,β-unsaturated/α-hetero) is 1. The summed E-state index contributed by atoms with van der Waals surface area (Å²) in [7, 11) is 0.540. The van der Waals surface area contributed by atoms with Gasteiger partial charge in [-0.2, -0.15) is 8.42 Å². The molecule has 2 aliphatic rings. The molecule has 1 saturated heterocycles. The number of allylic oxidation sites excluding steroid dienone is 2. The number of anilines is 1. The second-order valence-electron chi connectivity index (χ2n) is 8.72. The number of fused-ring (bicyclic) bond motifs is 1. The third-order valence-corrected chi connectivity index (χ3v) is 6.83. The van der Waals surface area contributed by atoms with Gasteiger partial charge in [-0.3, -0.25) is 28.7 Å². The van der Waals surface area contributed by atoms with Crippen molar-refractivity contribution in [2.45, 2.75) is 20.8 Å². The third-order valence-electron chi connectivity index (χ3n) is 5.75. The van der Waals surface area contributed by atoms with Gasteiger partial charge in [0, 0.05) is 19.2 Å². The molecule has 0 atom stereocenters. The first-order valence-corrected chi connectivity index (χ1v) is 14.2. The van der Waals surface area contributed by atoms with Crippen molar-refractivity contribution in [3.8, 4) is 11.5 Å². The van der Waals surface area contributed by atoms with Crippen LogP contribution in [0.25, 0.3) is 0 Å². The summed E-state index contributed by atoms with van der Waals surface area (Å²) in [5.74, 6) is -1.75. The monoisotopic (exact) mass is 598 g/mol. The number of rotatable bonds is 10. The molecule has 1 aromatic carbocycles. The minimum absolute atomic E-state index is 0.0104. The van der Waals surface area contributed by atoms with E-state index in [1.165, 1.54) is 49.1 Å². The number of methoxy groups -OCH3 is 1. The molecule has 1 fully saturated rings. The number of carbonyl (C=O) groups is 3. The molecular weight excluding hydrogens is 564 g/mol. The molecule has 0 aliphatic carbocycles. The summed E-state index contributed by atoms with van der Waals surface area (Å²) in [5.41, 5.74) is 0.335. The predicted molar refractivity (Wildman–Crippen MR) is 151 cm³/mol. The standard InChI is InChI=1S/C20H21N3O9S2.C5H13N/c1-12(24)10-31-18(25)9-22-15(19(26)21(2)20(22)33)6-7-17-23(11-34(27,28)29)14-5-4-13(30-3)8-16(14)32-17;1-4-6(3)5-2/h4-8H,9-11H2,1-3H3,(H,27,28,29);4-5H2,1-3H3/b15-6+,17-7+;. The molecule has 40 heavy (non-hydrogen) atoms. The van der Waals surface area contributed by atoms with E-state index in [0.29, 0.717) is 11.4 Å². The lowest BCUT2D eigenvalue weighted by Gasteiger charge is -2.18. The van der Waals surface area contributed by atoms with Gasteiger partial charge >= 0.3 is 5.97 Å². The molecule has 2 heterocycles. The van der Waals surface area contributed by atoms with E-state index < -0.39 is 41.0 Å². The molecule has 0 radical (unpaired) electrons. The molecule has 0 unspecified atom stereocenters. The van der Waals surface area contributed by atoms with Crippen molar-refractivity contribution in [3.63, 3.8) is 0 Å². The maximum absolute atomic E-state index is 12.7. The Balaban J connectivity index is 0.000000840. The van der Waals surface area contributed by atoms with E-state index in [1.807, 2.05) is 0 Å². The first kappa shape index (κ1) is 32.7. The van der Waals surface area contributed by atoms with Crippen LogP contribution in [0.2, 0.25) is 0 Å². The highest BCUT2D eigenvalue weighted by atomic mass is 32.2. The molecule has 1 amide bonds. The van der Waals surface area contributed by atoms with Crippen molar-refractivity contribution in [2.24, 2.45) is 0 Å². The van der Waals surface area contributed by atoms with E-state index in [9.17, 15) is 27.4 Å². The number of hydrogen-bond acceptors (Lipinski definition) is 11. The Morgan fingerprint density at radius 3 is 2.35 bits per heavy atom. The number of nitrogens with zero attached hydrogens (tertiary/aromatic N) is 4. The molecule has 1 aromatic rings. The van der Waals surface area contributed by atoms with E-state index in [2.05, 4.69) is 25.8 Å². The number of benzene rings is 1. The molecule has 0 bridgehead atoms. The Morgan fingerprint density at radius 2 is 1.82 bits per heavy atom. The van der Waals surface area contributed by atoms with E-state index in [0.717, 1.165) is 18.0 Å². The van der Waals surface area contributed by atoms with Crippen molar-refractivity contribution in [2.75, 3.05) is 58.2 Å². The molecule has 2 aliphatic heterocycles. The van der Waals surface area contributed by atoms with E-state index in [4.69, 9.17) is 26.4 Å². The summed E-state index contributed by atoms with van der Waals surface area (Å²) in [5, 5.41) is 0.0320. The van der Waals surface area contributed by atoms with Crippen LogP contribution in [0.15, 0.2) is 41.9 Å². The van der Waals surface area contributed by atoms with E-state index in [-0.39, 0.29) is 28.2 Å². The molecule has 0 saturated carbocycles. The van der Waals surface area contributed by atoms with Crippen molar-refractivity contribution < 1.29 is 41.6 Å². The van der Waals surface area contributed by atoms with E-state index in [1.54, 1.807) is 12.1 Å². The number of likely N-dealkylation sites (N-methyl/N-ethyl adjacent to an activating group) is 1. The highest BCUT2D eigenvalue weighted by Gasteiger charge is 2.37. The largest absolute Gasteiger partial charge is 0.497 e. The van der Waals surface area contributed by atoms with Gasteiger partial charge in [-0.15, -0.1) is 0 Å². The second-order valence-corrected chi connectivity index (χ2v) is 10.5. The summed E-state index contributed by atoms with van der Waals surface area (Å²) >= 11 is 5.23. The maximum Gasteiger partial charge on any atom is 0.326 e. The lowest BCUT2D eigenvalue weighted by molar-refractivity contribution is -0.147. The predicted octanol–water partition coefficient (Wildman–Crippen LogP) is 1.61. The number of esters is 1. The Morgan fingerprint density at radius 1 is 1.18 bits per heavy atom. The highest BCUT2D eigenvalue weighted by molar-refractivity contribution is 7.85. The number of hydrogen-bond donors (Lipinski definition) is 1. The summed E-state index contributed by atoms with van der Waals surface area (Å²) in [6.07, 6.45) is 2.60. The fourth-order valence-electron chi connectivity index (χ4n) is 3.34. The topological polar surface area (TPSA) is 146 Å². The normalized spacial score (nSPS) is 16.8. The SMILES string of the molecule is CCN(C)CC.COc1ccc2c(c1)O/C(=C/C=C1\C(=O)N(C)C(=S)N1CC(=O)OCC(C)=O)N2CS(=O)(=O)O. The third kappa shape index (κ3) is 8.74. The van der Waals surface area contributed by atoms with Crippen LogP contribution >= 0.6 is 12.2 Å². The van der Waals surface area contributed by atoms with Gasteiger partial charge in [0.1, 0.15) is 24.6 Å². The van der Waals surface area contributed by atoms with Crippen LogP contribution in [0.5, 0.6) is 11.5 Å². The van der Waals surface area contributed by atoms with Gasteiger partial charge in [-0.1, -0.05) is 13.8 Å². The smallest absolute Gasteiger partial charge is 0.326 e. The minimum Gasteiger partial charge on any atom is -0.497 e. The van der Waals surface area contributed by atoms with Gasteiger partial charge in [-0.05, 0) is 57.5 Å². The van der Waals surface area contributed by atoms with Crippen molar-refractivity contribution in [3.05, 3.63) is 41.9 Å². The van der Waals surface area contributed by atoms with Crippen LogP contribution in [0.3, 0.4) is 0 Å². The van der Waals surface area contributed by atoms with Gasteiger partial charge < -0.3 is 24.0 Å². The van der Waals surface area contributed by atoms with Crippen LogP contribution in [-0.4, -0.2) is 104 Å². The van der Waals surface area contributed by atoms with Crippen LogP contribution < -0.4 is 14.4 Å². The second kappa shape index (κ2) is 14.2. The van der Waals surface area contributed by atoms with Crippen molar-refractivity contribution in [1.82, 2.24) is 14.7 Å². The van der Waals surface area contributed by atoms with E-state index >= 15 is 0 Å². The maximum atomic E-state index is 12.7. The Labute approximate surface area is 239 Å². The van der Waals surface area contributed by atoms with Crippen LogP contribution in [0, 0.1) is 0 Å². The molecule has 15 heteroatoms. The fraction of sp³-hybridized carbons (Fsp3) is 0.440. The first-order valence-electron chi connectivity index (χ1n) is 12.2. The van der Waals surface area contributed by atoms with Crippen molar-refractivity contribution >= 4 is 50.8 Å². The van der Waals surface area contributed by atoms with Gasteiger partial charge in [0.15, 0.2) is 22.5 Å².